The molecule has 0 amide bonds. The van der Waals surface area contributed by atoms with Crippen molar-refractivity contribution in [1.29, 1.82) is 0 Å². The number of carbonyl (C=O) groups excluding carboxylic acids is 1. The molecule has 0 saturated carbocycles. The summed E-state index contributed by atoms with van der Waals surface area (Å²) in [6.45, 7) is 3.95. The molecule has 0 N–H and O–H groups in total. The fraction of sp³-hybridized carbons (Fsp3) is 0.417. The number of non-ortho nitro benzene ring substituents is 1. The molecule has 1 aromatic rings. The maximum Gasteiger partial charge on any atom is 0.312 e. The van der Waals surface area contributed by atoms with Crippen LogP contribution in [0.4, 0.5) is 5.69 Å². The second-order valence-electron chi connectivity index (χ2n) is 3.72. The zero-order chi connectivity index (χ0) is 13.5. The molecule has 0 aromatic heterocycles. The fourth-order valence-corrected chi connectivity index (χ4v) is 1.24. The summed E-state index contributed by atoms with van der Waals surface area (Å²) in [5.41, 5.74) is 0.000733. The van der Waals surface area contributed by atoms with Crippen LogP contribution in [0, 0.1) is 16.0 Å². The van der Waals surface area contributed by atoms with Gasteiger partial charge in [0.1, 0.15) is 12.4 Å². The Kier molecular flexibility index (Phi) is 5.10. The third-order valence-electron chi connectivity index (χ3n) is 2.24. The Morgan fingerprint density at radius 2 is 2.00 bits per heavy atom. The standard InChI is InChI=1S/C12H15NO5/c1-3-17-12(14)9(2)8-18-11-6-4-10(5-7-11)13(15)16/h4-7,9H,3,8H2,1-2H3. The monoisotopic (exact) mass is 253 g/mol. The summed E-state index contributed by atoms with van der Waals surface area (Å²) in [5.74, 6) is -0.212. The van der Waals surface area contributed by atoms with Gasteiger partial charge in [-0.3, -0.25) is 14.9 Å². The first kappa shape index (κ1) is 14.0. The van der Waals surface area contributed by atoms with Crippen LogP contribution in [0.25, 0.3) is 0 Å². The first-order chi connectivity index (χ1) is 8.54. The highest BCUT2D eigenvalue weighted by atomic mass is 16.6. The van der Waals surface area contributed by atoms with E-state index in [0.29, 0.717) is 12.4 Å². The molecule has 0 heterocycles. The van der Waals surface area contributed by atoms with E-state index in [-0.39, 0.29) is 24.2 Å². The maximum absolute atomic E-state index is 11.3. The summed E-state index contributed by atoms with van der Waals surface area (Å²) < 4.78 is 10.2. The van der Waals surface area contributed by atoms with Crippen LogP contribution in [0.1, 0.15) is 13.8 Å². The van der Waals surface area contributed by atoms with Gasteiger partial charge in [-0.25, -0.2) is 0 Å². The lowest BCUT2D eigenvalue weighted by molar-refractivity contribution is -0.384. The first-order valence-corrected chi connectivity index (χ1v) is 5.58. The molecule has 0 aliphatic rings. The van der Waals surface area contributed by atoms with E-state index >= 15 is 0 Å². The van der Waals surface area contributed by atoms with Gasteiger partial charge in [-0.1, -0.05) is 0 Å². The second-order valence-corrected chi connectivity index (χ2v) is 3.72. The number of esters is 1. The Labute approximate surface area is 105 Å². The molecule has 0 bridgehead atoms. The second kappa shape index (κ2) is 6.58. The smallest absolute Gasteiger partial charge is 0.312 e. The molecule has 0 radical (unpaired) electrons. The van der Waals surface area contributed by atoms with Crippen LogP contribution in [0.2, 0.25) is 0 Å². The van der Waals surface area contributed by atoms with Gasteiger partial charge in [0.15, 0.2) is 0 Å². The normalized spacial score (nSPS) is 11.7. The molecule has 6 nitrogen and oxygen atoms in total. The number of nitro groups is 1. The lowest BCUT2D eigenvalue weighted by atomic mass is 10.2. The van der Waals surface area contributed by atoms with E-state index in [2.05, 4.69) is 0 Å². The molecular weight excluding hydrogens is 238 g/mol. The van der Waals surface area contributed by atoms with Crippen molar-refractivity contribution in [3.05, 3.63) is 34.4 Å². The quantitative estimate of drug-likeness (QED) is 0.441. The van der Waals surface area contributed by atoms with E-state index in [9.17, 15) is 14.9 Å². The highest BCUT2D eigenvalue weighted by Crippen LogP contribution is 2.17. The molecule has 0 spiro atoms. The molecule has 0 aliphatic carbocycles. The number of benzene rings is 1. The molecule has 0 aliphatic heterocycles. The molecule has 1 atom stereocenters. The van der Waals surface area contributed by atoms with E-state index in [0.717, 1.165) is 0 Å². The maximum atomic E-state index is 11.3. The number of hydrogen-bond acceptors (Lipinski definition) is 5. The number of ether oxygens (including phenoxy) is 2. The Bertz CT molecular complexity index is 415. The number of hydrogen-bond donors (Lipinski definition) is 0. The summed E-state index contributed by atoms with van der Waals surface area (Å²) in [4.78, 5) is 21.3. The molecule has 0 fully saturated rings. The van der Waals surface area contributed by atoms with Crippen LogP contribution in [-0.2, 0) is 9.53 Å². The average Bonchev–Trinajstić information content (AvgIpc) is 2.36. The summed E-state index contributed by atoms with van der Waals surface area (Å²) in [6.07, 6.45) is 0. The van der Waals surface area contributed by atoms with Crippen LogP contribution >= 0.6 is 0 Å². The van der Waals surface area contributed by atoms with Gasteiger partial charge in [0.2, 0.25) is 0 Å². The molecule has 98 valence electrons. The van der Waals surface area contributed by atoms with Crippen molar-refractivity contribution in [2.24, 2.45) is 5.92 Å². The predicted octanol–water partition coefficient (Wildman–Crippen LogP) is 2.17. The third kappa shape index (κ3) is 4.04. The van der Waals surface area contributed by atoms with E-state index in [1.165, 1.54) is 24.3 Å². The highest BCUT2D eigenvalue weighted by Gasteiger charge is 2.14. The molecule has 1 unspecified atom stereocenters. The molecule has 0 saturated heterocycles. The third-order valence-corrected chi connectivity index (χ3v) is 2.24. The number of rotatable bonds is 6. The van der Waals surface area contributed by atoms with E-state index in [1.54, 1.807) is 13.8 Å². The minimum atomic E-state index is -0.481. The summed E-state index contributed by atoms with van der Waals surface area (Å²) in [6, 6.07) is 5.70. The molecule has 1 rings (SSSR count). The van der Waals surface area contributed by atoms with Gasteiger partial charge in [-0.05, 0) is 26.0 Å². The molecule has 1 aromatic carbocycles. The Morgan fingerprint density at radius 3 is 2.50 bits per heavy atom. The van der Waals surface area contributed by atoms with Crippen molar-refractivity contribution in [3.63, 3.8) is 0 Å². The van der Waals surface area contributed by atoms with Gasteiger partial charge >= 0.3 is 5.97 Å². The van der Waals surface area contributed by atoms with Gasteiger partial charge in [-0.2, -0.15) is 0 Å². The van der Waals surface area contributed by atoms with Gasteiger partial charge in [0, 0.05) is 12.1 Å². The summed E-state index contributed by atoms with van der Waals surface area (Å²) in [5, 5.41) is 10.4. The predicted molar refractivity (Wildman–Crippen MR) is 64.4 cm³/mol. The lowest BCUT2D eigenvalue weighted by Crippen LogP contribution is -2.21. The van der Waals surface area contributed by atoms with E-state index in [1.807, 2.05) is 0 Å². The van der Waals surface area contributed by atoms with Crippen LogP contribution in [-0.4, -0.2) is 24.1 Å². The summed E-state index contributed by atoms with van der Waals surface area (Å²) >= 11 is 0. The van der Waals surface area contributed by atoms with Gasteiger partial charge in [-0.15, -0.1) is 0 Å². The SMILES string of the molecule is CCOC(=O)C(C)COc1ccc([N+](=O)[O-])cc1. The van der Waals surface area contributed by atoms with Crippen molar-refractivity contribution in [2.75, 3.05) is 13.2 Å². The zero-order valence-corrected chi connectivity index (χ0v) is 10.3. The van der Waals surface area contributed by atoms with Crippen molar-refractivity contribution >= 4 is 11.7 Å². The topological polar surface area (TPSA) is 78.7 Å². The van der Waals surface area contributed by atoms with E-state index < -0.39 is 4.92 Å². The number of nitro benzene ring substituents is 1. The Balaban J connectivity index is 2.48. The molecular formula is C12H15NO5. The van der Waals surface area contributed by atoms with Crippen molar-refractivity contribution in [3.8, 4) is 5.75 Å². The largest absolute Gasteiger partial charge is 0.493 e. The fourth-order valence-electron chi connectivity index (χ4n) is 1.24. The Morgan fingerprint density at radius 1 is 1.39 bits per heavy atom. The van der Waals surface area contributed by atoms with Gasteiger partial charge < -0.3 is 9.47 Å². The van der Waals surface area contributed by atoms with Crippen LogP contribution < -0.4 is 4.74 Å². The van der Waals surface area contributed by atoms with Crippen LogP contribution in [0.5, 0.6) is 5.75 Å². The lowest BCUT2D eigenvalue weighted by Gasteiger charge is -2.11. The minimum absolute atomic E-state index is 0.000733. The van der Waals surface area contributed by atoms with E-state index in [4.69, 9.17) is 9.47 Å². The van der Waals surface area contributed by atoms with Crippen LogP contribution in [0.15, 0.2) is 24.3 Å². The minimum Gasteiger partial charge on any atom is -0.493 e. The first-order valence-electron chi connectivity index (χ1n) is 5.58. The molecule has 6 heteroatoms. The number of nitrogens with zero attached hydrogens (tertiary/aromatic N) is 1. The molecule has 18 heavy (non-hydrogen) atoms. The van der Waals surface area contributed by atoms with Crippen molar-refractivity contribution < 1.29 is 19.2 Å². The summed E-state index contributed by atoms with van der Waals surface area (Å²) in [7, 11) is 0. The van der Waals surface area contributed by atoms with Gasteiger partial charge in [0.05, 0.1) is 17.4 Å². The van der Waals surface area contributed by atoms with Crippen molar-refractivity contribution in [2.45, 2.75) is 13.8 Å². The van der Waals surface area contributed by atoms with Crippen LogP contribution in [0.3, 0.4) is 0 Å². The Hall–Kier alpha value is -2.11. The zero-order valence-electron chi connectivity index (χ0n) is 10.3. The highest BCUT2D eigenvalue weighted by molar-refractivity contribution is 5.72. The number of carbonyl (C=O) groups is 1. The average molecular weight is 253 g/mol. The van der Waals surface area contributed by atoms with Crippen molar-refractivity contribution in [1.82, 2.24) is 0 Å². The van der Waals surface area contributed by atoms with Gasteiger partial charge in [0.25, 0.3) is 5.69 Å².